The van der Waals surface area contributed by atoms with Crippen LogP contribution in [-0.2, 0) is 12.8 Å². The van der Waals surface area contributed by atoms with Crippen molar-refractivity contribution >= 4 is 0 Å². The van der Waals surface area contributed by atoms with Gasteiger partial charge in [-0.15, -0.1) is 0 Å². The summed E-state index contributed by atoms with van der Waals surface area (Å²) in [6.07, 6.45) is 1.40. The predicted octanol–water partition coefficient (Wildman–Crippen LogP) is 5.01. The highest BCUT2D eigenvalue weighted by molar-refractivity contribution is 5.37. The molecule has 0 bridgehead atoms. The molecule has 3 rings (SSSR count). The van der Waals surface area contributed by atoms with E-state index in [9.17, 15) is 4.39 Å². The van der Waals surface area contributed by atoms with Gasteiger partial charge in [0.1, 0.15) is 5.82 Å². The van der Waals surface area contributed by atoms with Crippen LogP contribution in [0.15, 0.2) is 78.9 Å². The zero-order chi connectivity index (χ0) is 14.5. The van der Waals surface area contributed by atoms with E-state index in [4.69, 9.17) is 0 Å². The fraction of sp³-hybridized carbons (Fsp3) is 0.100. The molecule has 0 spiro atoms. The zero-order valence-electron chi connectivity index (χ0n) is 11.8. The summed E-state index contributed by atoms with van der Waals surface area (Å²) >= 11 is 0. The third-order valence-electron chi connectivity index (χ3n) is 3.68. The third-order valence-corrected chi connectivity index (χ3v) is 3.68. The first-order valence-corrected chi connectivity index (χ1v) is 7.17. The van der Waals surface area contributed by atoms with Crippen molar-refractivity contribution in [3.8, 4) is 0 Å². The van der Waals surface area contributed by atoms with E-state index in [-0.39, 0.29) is 5.82 Å². The van der Waals surface area contributed by atoms with Crippen LogP contribution in [0.25, 0.3) is 0 Å². The van der Waals surface area contributed by atoms with Gasteiger partial charge in [0.2, 0.25) is 0 Å². The molecule has 104 valence electrons. The van der Waals surface area contributed by atoms with Gasteiger partial charge in [-0.05, 0) is 34.7 Å². The summed E-state index contributed by atoms with van der Waals surface area (Å²) in [5.41, 5.74) is 4.20. The second-order valence-electron chi connectivity index (χ2n) is 5.20. The maximum absolute atomic E-state index is 14.2. The van der Waals surface area contributed by atoms with Crippen LogP contribution in [0, 0.1) is 5.82 Å². The summed E-state index contributed by atoms with van der Waals surface area (Å²) < 4.78 is 14.2. The number of benzene rings is 3. The molecule has 0 heterocycles. The van der Waals surface area contributed by atoms with E-state index in [1.165, 1.54) is 5.56 Å². The Hall–Kier alpha value is -2.41. The van der Waals surface area contributed by atoms with Gasteiger partial charge in [-0.25, -0.2) is 4.39 Å². The average Bonchev–Trinajstić information content (AvgIpc) is 2.53. The second-order valence-corrected chi connectivity index (χ2v) is 5.20. The van der Waals surface area contributed by atoms with Gasteiger partial charge >= 0.3 is 0 Å². The number of hydrogen-bond acceptors (Lipinski definition) is 0. The Kier molecular flexibility index (Phi) is 4.11. The van der Waals surface area contributed by atoms with Crippen molar-refractivity contribution in [1.82, 2.24) is 0 Å². The molecular formula is C20H17F. The van der Waals surface area contributed by atoms with Crippen LogP contribution in [-0.4, -0.2) is 0 Å². The molecule has 0 aliphatic heterocycles. The van der Waals surface area contributed by atoms with E-state index in [2.05, 4.69) is 12.1 Å². The van der Waals surface area contributed by atoms with Crippen molar-refractivity contribution in [3.05, 3.63) is 107 Å². The fourth-order valence-electron chi connectivity index (χ4n) is 2.58. The zero-order valence-corrected chi connectivity index (χ0v) is 11.8. The lowest BCUT2D eigenvalue weighted by Gasteiger charge is -2.11. The van der Waals surface area contributed by atoms with Gasteiger partial charge in [-0.2, -0.15) is 0 Å². The van der Waals surface area contributed by atoms with Crippen LogP contribution in [0.2, 0.25) is 0 Å². The lowest BCUT2D eigenvalue weighted by Crippen LogP contribution is -2.00. The molecule has 0 fully saturated rings. The van der Waals surface area contributed by atoms with Crippen molar-refractivity contribution in [2.75, 3.05) is 0 Å². The van der Waals surface area contributed by atoms with Crippen molar-refractivity contribution in [1.29, 1.82) is 0 Å². The fourth-order valence-corrected chi connectivity index (χ4v) is 2.58. The first-order valence-electron chi connectivity index (χ1n) is 7.17. The molecule has 0 N–H and O–H groups in total. The molecule has 3 aromatic carbocycles. The molecule has 0 saturated carbocycles. The molecule has 0 saturated heterocycles. The molecule has 0 radical (unpaired) electrons. The molecule has 0 nitrogen and oxygen atoms in total. The first-order chi connectivity index (χ1) is 10.3. The minimum Gasteiger partial charge on any atom is -0.207 e. The van der Waals surface area contributed by atoms with Crippen molar-refractivity contribution < 1.29 is 4.39 Å². The van der Waals surface area contributed by atoms with Gasteiger partial charge in [-0.1, -0.05) is 72.8 Å². The lowest BCUT2D eigenvalue weighted by molar-refractivity contribution is 0.611. The summed E-state index contributed by atoms with van der Waals surface area (Å²) in [7, 11) is 0. The Bertz CT molecular complexity index is 702. The second kappa shape index (κ2) is 6.36. The average molecular weight is 276 g/mol. The summed E-state index contributed by atoms with van der Waals surface area (Å²) in [5, 5.41) is 0. The van der Waals surface area contributed by atoms with Crippen molar-refractivity contribution in [2.24, 2.45) is 0 Å². The van der Waals surface area contributed by atoms with E-state index < -0.39 is 0 Å². The standard InChI is InChI=1S/C20H17F/c21-20-13-7-12-18(14-16-8-3-1-4-9-16)19(20)15-17-10-5-2-6-11-17/h1-13H,14-15H2. The highest BCUT2D eigenvalue weighted by Crippen LogP contribution is 2.21. The molecular weight excluding hydrogens is 259 g/mol. The first kappa shape index (κ1) is 13.6. The van der Waals surface area contributed by atoms with Gasteiger partial charge in [0.05, 0.1) is 0 Å². The van der Waals surface area contributed by atoms with Crippen LogP contribution >= 0.6 is 0 Å². The van der Waals surface area contributed by atoms with Crippen LogP contribution in [0.3, 0.4) is 0 Å². The van der Waals surface area contributed by atoms with Crippen LogP contribution < -0.4 is 0 Å². The maximum atomic E-state index is 14.2. The van der Waals surface area contributed by atoms with Crippen LogP contribution in [0.1, 0.15) is 22.3 Å². The van der Waals surface area contributed by atoms with E-state index >= 15 is 0 Å². The maximum Gasteiger partial charge on any atom is 0.127 e. The molecule has 0 unspecified atom stereocenters. The SMILES string of the molecule is Fc1cccc(Cc2ccccc2)c1Cc1ccccc1. The summed E-state index contributed by atoms with van der Waals surface area (Å²) in [4.78, 5) is 0. The Balaban J connectivity index is 1.92. The van der Waals surface area contributed by atoms with Crippen molar-refractivity contribution in [2.45, 2.75) is 12.8 Å². The number of hydrogen-bond donors (Lipinski definition) is 0. The third kappa shape index (κ3) is 3.38. The Morgan fingerprint density at radius 1 is 0.571 bits per heavy atom. The monoisotopic (exact) mass is 276 g/mol. The lowest BCUT2D eigenvalue weighted by atomic mass is 9.95. The van der Waals surface area contributed by atoms with Crippen LogP contribution in [0.4, 0.5) is 4.39 Å². The molecule has 0 aliphatic carbocycles. The normalized spacial score (nSPS) is 10.5. The van der Waals surface area contributed by atoms with Crippen molar-refractivity contribution in [3.63, 3.8) is 0 Å². The highest BCUT2D eigenvalue weighted by Gasteiger charge is 2.09. The summed E-state index contributed by atoms with van der Waals surface area (Å²) in [5.74, 6) is -0.118. The smallest absolute Gasteiger partial charge is 0.127 e. The van der Waals surface area contributed by atoms with Gasteiger partial charge < -0.3 is 0 Å². The summed E-state index contributed by atoms with van der Waals surface area (Å²) in [6.45, 7) is 0. The molecule has 0 aliphatic rings. The van der Waals surface area contributed by atoms with Gasteiger partial charge in [-0.3, -0.25) is 0 Å². The Morgan fingerprint density at radius 3 is 1.76 bits per heavy atom. The molecule has 0 aromatic heterocycles. The van der Waals surface area contributed by atoms with Crippen LogP contribution in [0.5, 0.6) is 0 Å². The topological polar surface area (TPSA) is 0 Å². The number of rotatable bonds is 4. The highest BCUT2D eigenvalue weighted by atomic mass is 19.1. The Labute approximate surface area is 124 Å². The molecule has 21 heavy (non-hydrogen) atoms. The van der Waals surface area contributed by atoms with E-state index in [0.717, 1.165) is 23.1 Å². The van der Waals surface area contributed by atoms with Gasteiger partial charge in [0, 0.05) is 6.42 Å². The molecule has 3 aromatic rings. The number of halogens is 1. The van der Waals surface area contributed by atoms with Gasteiger partial charge in [0.15, 0.2) is 0 Å². The Morgan fingerprint density at radius 2 is 1.14 bits per heavy atom. The van der Waals surface area contributed by atoms with Gasteiger partial charge in [0.25, 0.3) is 0 Å². The minimum absolute atomic E-state index is 0.118. The molecule has 1 heteroatoms. The minimum atomic E-state index is -0.118. The van der Waals surface area contributed by atoms with E-state index in [1.807, 2.05) is 54.6 Å². The molecule has 0 amide bonds. The summed E-state index contributed by atoms with van der Waals surface area (Å²) in [6, 6.07) is 25.6. The quantitative estimate of drug-likeness (QED) is 0.628. The van der Waals surface area contributed by atoms with E-state index in [1.54, 1.807) is 12.1 Å². The molecule has 0 atom stereocenters. The van der Waals surface area contributed by atoms with E-state index in [0.29, 0.717) is 6.42 Å². The largest absolute Gasteiger partial charge is 0.207 e. The predicted molar refractivity (Wildman–Crippen MR) is 84.9 cm³/mol.